The van der Waals surface area contributed by atoms with Crippen LogP contribution in [0.1, 0.15) is 42.6 Å². The Kier molecular flexibility index (Phi) is 4.41. The third-order valence-corrected chi connectivity index (χ3v) is 4.62. The molecule has 2 aromatic heterocycles. The van der Waals surface area contributed by atoms with E-state index in [2.05, 4.69) is 5.32 Å². The molecule has 0 bridgehead atoms. The van der Waals surface area contributed by atoms with Gasteiger partial charge < -0.3 is 19.2 Å². The summed E-state index contributed by atoms with van der Waals surface area (Å²) in [6.45, 7) is 0.133. The minimum Gasteiger partial charge on any atom is -0.464 e. The monoisotopic (exact) mass is 317 g/mol. The first-order valence-electron chi connectivity index (χ1n) is 8.12. The van der Waals surface area contributed by atoms with Crippen LogP contribution >= 0.6 is 0 Å². The van der Waals surface area contributed by atoms with Gasteiger partial charge in [0.1, 0.15) is 12.2 Å². The van der Waals surface area contributed by atoms with Gasteiger partial charge in [0.05, 0.1) is 18.1 Å². The van der Waals surface area contributed by atoms with Crippen molar-refractivity contribution in [3.05, 3.63) is 24.0 Å². The van der Waals surface area contributed by atoms with Gasteiger partial charge in [0.25, 0.3) is 0 Å². The third kappa shape index (κ3) is 3.11. The highest BCUT2D eigenvalue weighted by Crippen LogP contribution is 2.22. The van der Waals surface area contributed by atoms with E-state index < -0.39 is 5.97 Å². The second-order valence-corrected chi connectivity index (χ2v) is 6.21. The summed E-state index contributed by atoms with van der Waals surface area (Å²) >= 11 is 0. The highest BCUT2D eigenvalue weighted by molar-refractivity contribution is 5.95. The fraction of sp³-hybridized carbons (Fsp3) is 0.529. The number of methoxy groups -OCH3 is 1. The quantitative estimate of drug-likeness (QED) is 0.879. The van der Waals surface area contributed by atoms with E-state index in [1.165, 1.54) is 26.4 Å². The minimum atomic E-state index is -0.424. The van der Waals surface area contributed by atoms with Crippen LogP contribution in [0.4, 0.5) is 0 Å². The van der Waals surface area contributed by atoms with E-state index in [0.717, 1.165) is 23.9 Å². The molecule has 1 aliphatic carbocycles. The number of carbonyl (C=O) groups excluding carboxylic acids is 2. The first-order chi connectivity index (χ1) is 11.1. The maximum Gasteiger partial charge on any atom is 0.354 e. The lowest BCUT2D eigenvalue weighted by molar-refractivity contribution is -0.122. The summed E-state index contributed by atoms with van der Waals surface area (Å²) in [5, 5.41) is 3.09. The molecular formula is C17H23N3O3. The van der Waals surface area contributed by atoms with E-state index in [1.54, 1.807) is 10.6 Å². The summed E-state index contributed by atoms with van der Waals surface area (Å²) in [5.74, 6) is -0.477. The molecule has 23 heavy (non-hydrogen) atoms. The molecule has 0 radical (unpaired) electrons. The molecule has 0 unspecified atom stereocenters. The van der Waals surface area contributed by atoms with Gasteiger partial charge in [-0.1, -0.05) is 19.3 Å². The molecule has 2 aromatic rings. The van der Waals surface area contributed by atoms with Gasteiger partial charge in [0.15, 0.2) is 0 Å². The number of ether oxygens (including phenoxy) is 1. The lowest BCUT2D eigenvalue weighted by Gasteiger charge is -2.23. The number of aryl methyl sites for hydroxylation is 1. The van der Waals surface area contributed by atoms with Crippen LogP contribution in [0.5, 0.6) is 0 Å². The largest absolute Gasteiger partial charge is 0.464 e. The number of esters is 1. The van der Waals surface area contributed by atoms with Crippen LogP contribution in [0.2, 0.25) is 0 Å². The Labute approximate surface area is 135 Å². The Morgan fingerprint density at radius 3 is 2.70 bits per heavy atom. The summed E-state index contributed by atoms with van der Waals surface area (Å²) in [4.78, 5) is 24.4. The Balaban J connectivity index is 1.82. The molecule has 1 fully saturated rings. The van der Waals surface area contributed by atoms with Crippen molar-refractivity contribution in [1.29, 1.82) is 0 Å². The van der Waals surface area contributed by atoms with Gasteiger partial charge in [0.2, 0.25) is 5.91 Å². The van der Waals surface area contributed by atoms with Gasteiger partial charge >= 0.3 is 5.97 Å². The second kappa shape index (κ2) is 6.48. The van der Waals surface area contributed by atoms with Crippen molar-refractivity contribution < 1.29 is 14.3 Å². The van der Waals surface area contributed by atoms with Crippen molar-refractivity contribution in [1.82, 2.24) is 14.5 Å². The SMILES string of the molecule is COC(=O)c1cc2c(ccn2C)n1CC(=O)NC1CCCCC1. The summed E-state index contributed by atoms with van der Waals surface area (Å²) in [6.07, 6.45) is 7.60. The van der Waals surface area contributed by atoms with E-state index in [0.29, 0.717) is 5.69 Å². The van der Waals surface area contributed by atoms with Crippen LogP contribution in [0.25, 0.3) is 11.0 Å². The van der Waals surface area contributed by atoms with E-state index in [-0.39, 0.29) is 18.5 Å². The lowest BCUT2D eigenvalue weighted by Crippen LogP contribution is -2.38. The molecule has 1 saturated carbocycles. The fourth-order valence-electron chi connectivity index (χ4n) is 3.38. The number of amides is 1. The van der Waals surface area contributed by atoms with Crippen molar-refractivity contribution in [3.8, 4) is 0 Å². The molecule has 6 nitrogen and oxygen atoms in total. The standard InChI is InChI=1S/C17H23N3O3/c1-19-9-8-13-14(19)10-15(17(22)23-2)20(13)11-16(21)18-12-6-4-3-5-7-12/h8-10,12H,3-7,11H2,1-2H3,(H,18,21). The zero-order chi connectivity index (χ0) is 16.4. The first kappa shape index (κ1) is 15.6. The third-order valence-electron chi connectivity index (χ3n) is 4.62. The first-order valence-corrected chi connectivity index (χ1v) is 8.12. The topological polar surface area (TPSA) is 65.3 Å². The van der Waals surface area contributed by atoms with Crippen LogP contribution in [-0.4, -0.2) is 34.2 Å². The number of hydrogen-bond acceptors (Lipinski definition) is 3. The molecule has 0 saturated heterocycles. The molecule has 0 aromatic carbocycles. The summed E-state index contributed by atoms with van der Waals surface area (Å²) in [6, 6.07) is 3.95. The van der Waals surface area contributed by atoms with Crippen molar-refractivity contribution >= 4 is 22.9 Å². The van der Waals surface area contributed by atoms with E-state index in [1.807, 2.05) is 23.9 Å². The molecule has 0 spiro atoms. The van der Waals surface area contributed by atoms with Gasteiger partial charge in [0, 0.05) is 19.3 Å². The Hall–Kier alpha value is -2.24. The van der Waals surface area contributed by atoms with Crippen LogP contribution in [0.15, 0.2) is 18.3 Å². The Morgan fingerprint density at radius 1 is 1.26 bits per heavy atom. The van der Waals surface area contributed by atoms with Crippen molar-refractivity contribution in [2.24, 2.45) is 7.05 Å². The molecule has 0 atom stereocenters. The normalized spacial score (nSPS) is 15.7. The minimum absolute atomic E-state index is 0.0524. The number of nitrogens with zero attached hydrogens (tertiary/aromatic N) is 2. The number of rotatable bonds is 4. The van der Waals surface area contributed by atoms with Crippen LogP contribution in [0, 0.1) is 0 Å². The Bertz CT molecular complexity index is 723. The molecule has 0 aliphatic heterocycles. The zero-order valence-corrected chi connectivity index (χ0v) is 13.7. The van der Waals surface area contributed by atoms with Crippen molar-refractivity contribution in [2.75, 3.05) is 7.11 Å². The van der Waals surface area contributed by atoms with E-state index >= 15 is 0 Å². The number of aromatic nitrogens is 2. The maximum atomic E-state index is 12.4. The average Bonchev–Trinajstić information content (AvgIpc) is 3.08. The number of nitrogens with one attached hydrogen (secondary N) is 1. The van der Waals surface area contributed by atoms with Crippen molar-refractivity contribution in [3.63, 3.8) is 0 Å². The zero-order valence-electron chi connectivity index (χ0n) is 13.7. The lowest BCUT2D eigenvalue weighted by atomic mass is 9.95. The van der Waals surface area contributed by atoms with Gasteiger partial charge in [-0.3, -0.25) is 4.79 Å². The van der Waals surface area contributed by atoms with Gasteiger partial charge in [-0.25, -0.2) is 4.79 Å². The number of carbonyl (C=O) groups is 2. The summed E-state index contributed by atoms with van der Waals surface area (Å²) in [5.41, 5.74) is 2.19. The molecule has 1 N–H and O–H groups in total. The van der Waals surface area contributed by atoms with Crippen LogP contribution in [0.3, 0.4) is 0 Å². The van der Waals surface area contributed by atoms with Gasteiger partial charge in [-0.2, -0.15) is 0 Å². The highest BCUT2D eigenvalue weighted by Gasteiger charge is 2.21. The maximum absolute atomic E-state index is 12.4. The molecule has 124 valence electrons. The fourth-order valence-corrected chi connectivity index (χ4v) is 3.38. The Morgan fingerprint density at radius 2 is 2.00 bits per heavy atom. The van der Waals surface area contributed by atoms with Gasteiger partial charge in [-0.15, -0.1) is 0 Å². The number of hydrogen-bond donors (Lipinski definition) is 1. The molecule has 3 rings (SSSR count). The van der Waals surface area contributed by atoms with E-state index in [4.69, 9.17) is 4.74 Å². The molecule has 1 amide bonds. The van der Waals surface area contributed by atoms with Crippen LogP contribution in [-0.2, 0) is 23.1 Å². The molecule has 1 aliphatic rings. The molecular weight excluding hydrogens is 294 g/mol. The predicted molar refractivity (Wildman–Crippen MR) is 87.3 cm³/mol. The summed E-state index contributed by atoms with van der Waals surface area (Å²) in [7, 11) is 3.27. The van der Waals surface area contributed by atoms with Crippen molar-refractivity contribution in [2.45, 2.75) is 44.7 Å². The molecule has 2 heterocycles. The molecule has 6 heteroatoms. The van der Waals surface area contributed by atoms with Gasteiger partial charge in [-0.05, 0) is 25.0 Å². The summed E-state index contributed by atoms with van der Waals surface area (Å²) < 4.78 is 8.51. The average molecular weight is 317 g/mol. The highest BCUT2D eigenvalue weighted by atomic mass is 16.5. The smallest absolute Gasteiger partial charge is 0.354 e. The van der Waals surface area contributed by atoms with E-state index in [9.17, 15) is 9.59 Å². The second-order valence-electron chi connectivity index (χ2n) is 6.21. The predicted octanol–water partition coefficient (Wildman–Crippen LogP) is 2.22. The number of fused-ring (bicyclic) bond motifs is 1. The van der Waals surface area contributed by atoms with Crippen LogP contribution < -0.4 is 5.32 Å².